The first kappa shape index (κ1) is 15.4. The summed E-state index contributed by atoms with van der Waals surface area (Å²) in [5.41, 5.74) is 0.994. The standard InChI is InChI=1S/C18H21NO5/c20-16-8-18(12-23-16)10-19(11-18)17(21)24-15-6-14(7-15)22-9-13-4-2-1-3-5-13/h1-5,14-15H,6-12H2. The number of hydrogen-bond acceptors (Lipinski definition) is 5. The Hall–Kier alpha value is -2.08. The lowest BCUT2D eigenvalue weighted by molar-refractivity contribution is -0.137. The summed E-state index contributed by atoms with van der Waals surface area (Å²) in [5, 5.41) is 0. The zero-order chi connectivity index (χ0) is 16.6. The van der Waals surface area contributed by atoms with Gasteiger partial charge in [0.2, 0.25) is 0 Å². The van der Waals surface area contributed by atoms with Gasteiger partial charge in [0.15, 0.2) is 0 Å². The van der Waals surface area contributed by atoms with Crippen molar-refractivity contribution < 1.29 is 23.8 Å². The highest BCUT2D eigenvalue weighted by Gasteiger charge is 2.52. The van der Waals surface area contributed by atoms with Crippen LogP contribution < -0.4 is 0 Å². The molecule has 24 heavy (non-hydrogen) atoms. The average Bonchev–Trinajstić information content (AvgIpc) is 2.91. The zero-order valence-corrected chi connectivity index (χ0v) is 13.5. The highest BCUT2D eigenvalue weighted by atomic mass is 16.6. The molecule has 0 unspecified atom stereocenters. The van der Waals surface area contributed by atoms with E-state index in [-0.39, 0.29) is 29.7 Å². The number of esters is 1. The SMILES string of the molecule is O=C1CC2(CO1)CN(C(=O)OC1CC(OCc3ccccc3)C1)C2. The Kier molecular flexibility index (Phi) is 3.92. The molecule has 6 nitrogen and oxygen atoms in total. The molecular weight excluding hydrogens is 310 g/mol. The van der Waals surface area contributed by atoms with Gasteiger partial charge in [0, 0.05) is 25.9 Å². The number of rotatable bonds is 4. The van der Waals surface area contributed by atoms with Crippen LogP contribution in [0.4, 0.5) is 4.79 Å². The van der Waals surface area contributed by atoms with Crippen molar-refractivity contribution in [2.45, 2.75) is 38.1 Å². The third-order valence-corrected chi connectivity index (χ3v) is 5.02. The van der Waals surface area contributed by atoms with Crippen molar-refractivity contribution in [1.29, 1.82) is 0 Å². The van der Waals surface area contributed by atoms with Crippen molar-refractivity contribution >= 4 is 12.1 Å². The minimum atomic E-state index is -0.286. The van der Waals surface area contributed by atoms with E-state index in [1.807, 2.05) is 30.3 Å². The quantitative estimate of drug-likeness (QED) is 0.791. The second-order valence-corrected chi connectivity index (χ2v) is 7.09. The van der Waals surface area contributed by atoms with Crippen LogP contribution in [-0.2, 0) is 25.6 Å². The molecule has 2 aliphatic heterocycles. The summed E-state index contributed by atoms with van der Waals surface area (Å²) in [6.07, 6.45) is 1.72. The predicted octanol–water partition coefficient (Wildman–Crippen LogP) is 2.12. The third kappa shape index (κ3) is 3.11. The van der Waals surface area contributed by atoms with Gasteiger partial charge >= 0.3 is 12.1 Å². The van der Waals surface area contributed by atoms with Crippen LogP contribution in [0.15, 0.2) is 30.3 Å². The Bertz CT molecular complexity index is 620. The van der Waals surface area contributed by atoms with E-state index >= 15 is 0 Å². The molecule has 3 fully saturated rings. The molecule has 0 atom stereocenters. The normalized spacial score (nSPS) is 27.3. The smallest absolute Gasteiger partial charge is 0.410 e. The predicted molar refractivity (Wildman–Crippen MR) is 84.1 cm³/mol. The molecule has 3 aliphatic rings. The lowest BCUT2D eigenvalue weighted by atomic mass is 9.79. The number of ether oxygens (including phenoxy) is 3. The lowest BCUT2D eigenvalue weighted by Gasteiger charge is -2.46. The van der Waals surface area contributed by atoms with E-state index in [9.17, 15) is 9.59 Å². The van der Waals surface area contributed by atoms with E-state index in [0.29, 0.717) is 32.7 Å². The highest BCUT2D eigenvalue weighted by molar-refractivity contribution is 5.75. The number of hydrogen-bond donors (Lipinski definition) is 0. The van der Waals surface area contributed by atoms with Crippen molar-refractivity contribution in [3.8, 4) is 0 Å². The Labute approximate surface area is 140 Å². The first-order valence-corrected chi connectivity index (χ1v) is 8.39. The molecule has 1 amide bonds. The van der Waals surface area contributed by atoms with E-state index in [1.54, 1.807) is 4.90 Å². The molecule has 4 rings (SSSR count). The van der Waals surface area contributed by atoms with Gasteiger partial charge in [0.25, 0.3) is 0 Å². The molecule has 2 saturated heterocycles. The van der Waals surface area contributed by atoms with Crippen LogP contribution in [0.1, 0.15) is 24.8 Å². The molecule has 0 radical (unpaired) electrons. The Morgan fingerprint density at radius 3 is 2.62 bits per heavy atom. The molecule has 0 bridgehead atoms. The fourth-order valence-corrected chi connectivity index (χ4v) is 3.49. The van der Waals surface area contributed by atoms with Crippen LogP contribution in [0, 0.1) is 5.41 Å². The Morgan fingerprint density at radius 1 is 1.21 bits per heavy atom. The topological polar surface area (TPSA) is 65.1 Å². The van der Waals surface area contributed by atoms with Crippen LogP contribution in [0.25, 0.3) is 0 Å². The molecular formula is C18H21NO5. The van der Waals surface area contributed by atoms with Gasteiger partial charge in [-0.25, -0.2) is 4.79 Å². The van der Waals surface area contributed by atoms with Gasteiger partial charge in [-0.05, 0) is 5.56 Å². The van der Waals surface area contributed by atoms with E-state index in [4.69, 9.17) is 14.2 Å². The first-order valence-electron chi connectivity index (χ1n) is 8.39. The molecule has 6 heteroatoms. The number of nitrogens with zero attached hydrogens (tertiary/aromatic N) is 1. The molecule has 1 spiro atoms. The van der Waals surface area contributed by atoms with Crippen molar-refractivity contribution in [1.82, 2.24) is 4.90 Å². The second kappa shape index (κ2) is 6.09. The number of cyclic esters (lactones) is 1. The van der Waals surface area contributed by atoms with Gasteiger partial charge in [-0.15, -0.1) is 0 Å². The van der Waals surface area contributed by atoms with Gasteiger partial charge in [-0.2, -0.15) is 0 Å². The maximum atomic E-state index is 12.1. The molecule has 1 aliphatic carbocycles. The third-order valence-electron chi connectivity index (χ3n) is 5.02. The minimum Gasteiger partial charge on any atom is -0.465 e. The highest BCUT2D eigenvalue weighted by Crippen LogP contribution is 2.39. The molecule has 0 aromatic heterocycles. The van der Waals surface area contributed by atoms with Gasteiger partial charge in [-0.3, -0.25) is 4.79 Å². The molecule has 1 aromatic rings. The summed E-state index contributed by atoms with van der Waals surface area (Å²) in [7, 11) is 0. The average molecular weight is 331 g/mol. The second-order valence-electron chi connectivity index (χ2n) is 7.09. The van der Waals surface area contributed by atoms with Crippen molar-refractivity contribution in [3.63, 3.8) is 0 Å². The lowest BCUT2D eigenvalue weighted by Crippen LogP contribution is -2.59. The Morgan fingerprint density at radius 2 is 1.96 bits per heavy atom. The van der Waals surface area contributed by atoms with Crippen LogP contribution >= 0.6 is 0 Å². The van der Waals surface area contributed by atoms with Crippen molar-refractivity contribution in [3.05, 3.63) is 35.9 Å². The first-order chi connectivity index (χ1) is 11.6. The maximum absolute atomic E-state index is 12.1. The van der Waals surface area contributed by atoms with E-state index in [2.05, 4.69) is 0 Å². The summed E-state index contributed by atoms with van der Waals surface area (Å²) < 4.78 is 16.3. The van der Waals surface area contributed by atoms with Gasteiger partial charge in [-0.1, -0.05) is 30.3 Å². The van der Waals surface area contributed by atoms with Crippen LogP contribution in [-0.4, -0.2) is 48.9 Å². The van der Waals surface area contributed by atoms with Gasteiger partial charge < -0.3 is 19.1 Å². The van der Waals surface area contributed by atoms with Crippen molar-refractivity contribution in [2.24, 2.45) is 5.41 Å². The number of benzene rings is 1. The minimum absolute atomic E-state index is 0.0590. The largest absolute Gasteiger partial charge is 0.465 e. The number of likely N-dealkylation sites (tertiary alicyclic amines) is 1. The van der Waals surface area contributed by atoms with Gasteiger partial charge in [0.1, 0.15) is 12.7 Å². The molecule has 2 heterocycles. The van der Waals surface area contributed by atoms with E-state index < -0.39 is 0 Å². The maximum Gasteiger partial charge on any atom is 0.410 e. The Balaban J connectivity index is 1.14. The van der Waals surface area contributed by atoms with Gasteiger partial charge in [0.05, 0.1) is 24.5 Å². The molecule has 128 valence electrons. The van der Waals surface area contributed by atoms with Crippen LogP contribution in [0.3, 0.4) is 0 Å². The monoisotopic (exact) mass is 331 g/mol. The summed E-state index contributed by atoms with van der Waals surface area (Å²) in [6.45, 7) is 2.12. The summed E-state index contributed by atoms with van der Waals surface area (Å²) in [6, 6.07) is 10.0. The molecule has 0 N–H and O–H groups in total. The molecule has 1 saturated carbocycles. The number of amides is 1. The molecule has 1 aromatic carbocycles. The van der Waals surface area contributed by atoms with Crippen LogP contribution in [0.5, 0.6) is 0 Å². The fraction of sp³-hybridized carbons (Fsp3) is 0.556. The fourth-order valence-electron chi connectivity index (χ4n) is 3.49. The van der Waals surface area contributed by atoms with E-state index in [1.165, 1.54) is 0 Å². The van der Waals surface area contributed by atoms with Crippen LogP contribution in [0.2, 0.25) is 0 Å². The summed E-state index contributed by atoms with van der Waals surface area (Å²) in [5.74, 6) is -0.166. The summed E-state index contributed by atoms with van der Waals surface area (Å²) in [4.78, 5) is 24.9. The van der Waals surface area contributed by atoms with Crippen molar-refractivity contribution in [2.75, 3.05) is 19.7 Å². The number of carbonyl (C=O) groups excluding carboxylic acids is 2. The van der Waals surface area contributed by atoms with E-state index in [0.717, 1.165) is 18.4 Å². The number of carbonyl (C=O) groups is 2. The summed E-state index contributed by atoms with van der Waals surface area (Å²) >= 11 is 0. The zero-order valence-electron chi connectivity index (χ0n) is 13.5.